The summed E-state index contributed by atoms with van der Waals surface area (Å²) in [5, 5.41) is 20.5. The van der Waals surface area contributed by atoms with E-state index in [0.717, 1.165) is 6.21 Å². The molecular formula is C8H6N4O2. The Morgan fingerprint density at radius 1 is 1.29 bits per heavy atom. The van der Waals surface area contributed by atoms with E-state index < -0.39 is 0 Å². The van der Waals surface area contributed by atoms with Crippen molar-refractivity contribution >= 4 is 17.2 Å². The molecule has 70 valence electrons. The maximum atomic E-state index is 9.34. The minimum atomic E-state index is -0.191. The average Bonchev–Trinajstić information content (AvgIpc) is 2.20. The standard InChI is InChI=1S/C8H6N4O2/c13-8-7-6(9-4-10-8)2-1-5(12-7)3-11-14/h1-4,14H,(H,9,10,13)/b11-3+. The van der Waals surface area contributed by atoms with E-state index in [4.69, 9.17) is 5.21 Å². The molecule has 2 rings (SSSR count). The zero-order chi connectivity index (χ0) is 9.97. The Labute approximate surface area is 78.6 Å². The molecule has 0 atom stereocenters. The van der Waals surface area contributed by atoms with E-state index in [0.29, 0.717) is 11.2 Å². The topological polar surface area (TPSA) is 91.5 Å². The lowest BCUT2D eigenvalue weighted by Crippen LogP contribution is -1.91. The van der Waals surface area contributed by atoms with Gasteiger partial charge in [0.15, 0.2) is 5.52 Å². The van der Waals surface area contributed by atoms with E-state index in [1.165, 1.54) is 6.33 Å². The molecule has 2 aromatic heterocycles. The van der Waals surface area contributed by atoms with E-state index >= 15 is 0 Å². The average molecular weight is 190 g/mol. The van der Waals surface area contributed by atoms with Crippen LogP contribution >= 0.6 is 0 Å². The van der Waals surface area contributed by atoms with Gasteiger partial charge in [0.05, 0.1) is 17.4 Å². The van der Waals surface area contributed by atoms with Crippen LogP contribution in [-0.4, -0.2) is 31.5 Å². The van der Waals surface area contributed by atoms with Crippen molar-refractivity contribution in [1.82, 2.24) is 15.0 Å². The molecule has 0 saturated heterocycles. The van der Waals surface area contributed by atoms with Crippen molar-refractivity contribution in [2.24, 2.45) is 5.16 Å². The molecule has 6 nitrogen and oxygen atoms in total. The Kier molecular flexibility index (Phi) is 1.94. The van der Waals surface area contributed by atoms with E-state index in [1.54, 1.807) is 12.1 Å². The van der Waals surface area contributed by atoms with Crippen molar-refractivity contribution in [3.63, 3.8) is 0 Å². The van der Waals surface area contributed by atoms with Crippen LogP contribution in [0.25, 0.3) is 11.0 Å². The number of nitrogens with zero attached hydrogens (tertiary/aromatic N) is 4. The summed E-state index contributed by atoms with van der Waals surface area (Å²) in [6, 6.07) is 3.27. The van der Waals surface area contributed by atoms with Crippen LogP contribution in [0.2, 0.25) is 0 Å². The Hall–Kier alpha value is -2.24. The zero-order valence-corrected chi connectivity index (χ0v) is 6.99. The number of fused-ring (bicyclic) bond motifs is 1. The molecule has 0 fully saturated rings. The molecule has 0 aromatic carbocycles. The van der Waals surface area contributed by atoms with Gasteiger partial charge in [0.2, 0.25) is 5.88 Å². The molecule has 2 N–H and O–H groups in total. The predicted octanol–water partition coefficient (Wildman–Crippen LogP) is 0.538. The molecule has 0 saturated carbocycles. The summed E-state index contributed by atoms with van der Waals surface area (Å²) in [5.41, 5.74) is 1.24. The molecule has 0 unspecified atom stereocenters. The largest absolute Gasteiger partial charge is 0.492 e. The van der Waals surface area contributed by atoms with Gasteiger partial charge in [0.1, 0.15) is 6.33 Å². The van der Waals surface area contributed by atoms with Crippen LogP contribution < -0.4 is 0 Å². The number of hydrogen-bond acceptors (Lipinski definition) is 6. The molecule has 0 aliphatic carbocycles. The highest BCUT2D eigenvalue weighted by Gasteiger charge is 2.03. The molecule has 14 heavy (non-hydrogen) atoms. The van der Waals surface area contributed by atoms with Crippen molar-refractivity contribution < 1.29 is 10.3 Å². The minimum Gasteiger partial charge on any atom is -0.492 e. The van der Waals surface area contributed by atoms with Crippen LogP contribution in [0, 0.1) is 0 Å². The summed E-state index contributed by atoms with van der Waals surface area (Å²) in [7, 11) is 0. The fourth-order valence-electron chi connectivity index (χ4n) is 1.07. The molecule has 0 radical (unpaired) electrons. The highest BCUT2D eigenvalue weighted by atomic mass is 16.4. The first-order valence-corrected chi connectivity index (χ1v) is 3.79. The number of oxime groups is 1. The molecule has 2 heterocycles. The van der Waals surface area contributed by atoms with Crippen molar-refractivity contribution in [1.29, 1.82) is 0 Å². The SMILES string of the molecule is O/N=C/c1ccc2ncnc(O)c2n1. The Bertz CT molecular complexity index is 498. The smallest absolute Gasteiger partial charge is 0.241 e. The molecule has 0 aliphatic heterocycles. The maximum absolute atomic E-state index is 9.34. The summed E-state index contributed by atoms with van der Waals surface area (Å²) < 4.78 is 0. The van der Waals surface area contributed by atoms with E-state index in [-0.39, 0.29) is 11.4 Å². The Morgan fingerprint density at radius 3 is 2.93 bits per heavy atom. The number of pyridine rings is 1. The molecule has 0 amide bonds. The zero-order valence-electron chi connectivity index (χ0n) is 6.99. The van der Waals surface area contributed by atoms with Gasteiger partial charge < -0.3 is 10.3 Å². The highest BCUT2D eigenvalue weighted by molar-refractivity contribution is 5.84. The molecule has 0 bridgehead atoms. The minimum absolute atomic E-state index is 0.191. The number of aromatic nitrogens is 3. The predicted molar refractivity (Wildman–Crippen MR) is 48.4 cm³/mol. The molecular weight excluding hydrogens is 184 g/mol. The van der Waals surface area contributed by atoms with Crippen LogP contribution in [0.5, 0.6) is 5.88 Å². The van der Waals surface area contributed by atoms with Gasteiger partial charge in [-0.1, -0.05) is 5.16 Å². The summed E-state index contributed by atoms with van der Waals surface area (Å²) >= 11 is 0. The van der Waals surface area contributed by atoms with Gasteiger partial charge in [0, 0.05) is 0 Å². The molecule has 2 aromatic rings. The third-order valence-corrected chi connectivity index (χ3v) is 1.67. The summed E-state index contributed by atoms with van der Waals surface area (Å²) in [4.78, 5) is 11.5. The van der Waals surface area contributed by atoms with Gasteiger partial charge in [-0.15, -0.1) is 0 Å². The lowest BCUT2D eigenvalue weighted by atomic mass is 10.3. The number of rotatable bonds is 1. The van der Waals surface area contributed by atoms with Gasteiger partial charge in [-0.3, -0.25) is 0 Å². The fourth-order valence-corrected chi connectivity index (χ4v) is 1.07. The third-order valence-electron chi connectivity index (χ3n) is 1.67. The quantitative estimate of drug-likeness (QED) is 0.389. The second kappa shape index (κ2) is 3.25. The third kappa shape index (κ3) is 1.33. The van der Waals surface area contributed by atoms with Gasteiger partial charge in [0.25, 0.3) is 0 Å². The monoisotopic (exact) mass is 190 g/mol. The summed E-state index contributed by atoms with van der Waals surface area (Å²) in [5.74, 6) is -0.191. The van der Waals surface area contributed by atoms with E-state index in [1.807, 2.05) is 0 Å². The molecule has 6 heteroatoms. The number of aromatic hydroxyl groups is 1. The van der Waals surface area contributed by atoms with Crippen molar-refractivity contribution in [2.75, 3.05) is 0 Å². The second-order valence-electron chi connectivity index (χ2n) is 2.55. The molecule has 0 spiro atoms. The maximum Gasteiger partial charge on any atom is 0.241 e. The first-order chi connectivity index (χ1) is 6.81. The first kappa shape index (κ1) is 8.36. The fraction of sp³-hybridized carbons (Fsp3) is 0. The summed E-state index contributed by atoms with van der Waals surface area (Å²) in [6.07, 6.45) is 2.41. The van der Waals surface area contributed by atoms with E-state index in [2.05, 4.69) is 20.1 Å². The van der Waals surface area contributed by atoms with Gasteiger partial charge in [-0.2, -0.15) is 0 Å². The Morgan fingerprint density at radius 2 is 2.14 bits per heavy atom. The van der Waals surface area contributed by atoms with Gasteiger partial charge >= 0.3 is 0 Å². The highest BCUT2D eigenvalue weighted by Crippen LogP contribution is 2.16. The van der Waals surface area contributed by atoms with Crippen LogP contribution in [0.3, 0.4) is 0 Å². The van der Waals surface area contributed by atoms with Crippen molar-refractivity contribution in [3.8, 4) is 5.88 Å². The lowest BCUT2D eigenvalue weighted by molar-refractivity contribution is 0.321. The molecule has 0 aliphatic rings. The lowest BCUT2D eigenvalue weighted by Gasteiger charge is -1.98. The van der Waals surface area contributed by atoms with Crippen LogP contribution in [0.1, 0.15) is 5.69 Å². The summed E-state index contributed by atoms with van der Waals surface area (Å²) in [6.45, 7) is 0. The van der Waals surface area contributed by atoms with Crippen LogP contribution in [0.15, 0.2) is 23.6 Å². The van der Waals surface area contributed by atoms with Crippen molar-refractivity contribution in [2.45, 2.75) is 0 Å². The first-order valence-electron chi connectivity index (χ1n) is 3.79. The van der Waals surface area contributed by atoms with Gasteiger partial charge in [-0.05, 0) is 12.1 Å². The van der Waals surface area contributed by atoms with Crippen LogP contribution in [-0.2, 0) is 0 Å². The van der Waals surface area contributed by atoms with Crippen LogP contribution in [0.4, 0.5) is 0 Å². The van der Waals surface area contributed by atoms with Gasteiger partial charge in [-0.25, -0.2) is 15.0 Å². The second-order valence-corrected chi connectivity index (χ2v) is 2.55. The Balaban J connectivity index is 2.69. The van der Waals surface area contributed by atoms with E-state index in [9.17, 15) is 5.11 Å². The number of hydrogen-bond donors (Lipinski definition) is 2. The van der Waals surface area contributed by atoms with Crippen molar-refractivity contribution in [3.05, 3.63) is 24.2 Å². The normalized spacial score (nSPS) is 11.1.